The summed E-state index contributed by atoms with van der Waals surface area (Å²) < 4.78 is 11.2. The van der Waals surface area contributed by atoms with Gasteiger partial charge < -0.3 is 19.6 Å². The van der Waals surface area contributed by atoms with Gasteiger partial charge in [0.05, 0.1) is 19.3 Å². The van der Waals surface area contributed by atoms with E-state index in [1.165, 1.54) is 6.07 Å². The Hall–Kier alpha value is -2.38. The monoisotopic (exact) mass is 331 g/mol. The molecular weight excluding hydrogens is 310 g/mol. The molecule has 1 aliphatic heterocycles. The van der Waals surface area contributed by atoms with Crippen LogP contribution in [0.15, 0.2) is 34.7 Å². The van der Waals surface area contributed by atoms with Crippen LogP contribution in [0.1, 0.15) is 28.1 Å². The zero-order chi connectivity index (χ0) is 16.9. The zero-order valence-electron chi connectivity index (χ0n) is 13.6. The van der Waals surface area contributed by atoms with Crippen molar-refractivity contribution in [2.45, 2.75) is 13.0 Å². The minimum absolute atomic E-state index is 0.0248. The van der Waals surface area contributed by atoms with Gasteiger partial charge in [-0.05, 0) is 31.2 Å². The fourth-order valence-electron chi connectivity index (χ4n) is 2.78. The fourth-order valence-corrected chi connectivity index (χ4v) is 2.78. The number of pyridine rings is 1. The van der Waals surface area contributed by atoms with Crippen LogP contribution in [0.4, 0.5) is 5.82 Å². The molecule has 3 heterocycles. The number of carboxylic acid groups (broad SMARTS) is 1. The van der Waals surface area contributed by atoms with Gasteiger partial charge in [0.15, 0.2) is 5.69 Å². The van der Waals surface area contributed by atoms with E-state index in [4.69, 9.17) is 14.3 Å². The second kappa shape index (κ2) is 7.46. The molecule has 0 amide bonds. The van der Waals surface area contributed by atoms with Crippen LogP contribution in [0, 0.1) is 6.92 Å². The van der Waals surface area contributed by atoms with Crippen molar-refractivity contribution < 1.29 is 19.1 Å². The van der Waals surface area contributed by atoms with Crippen LogP contribution in [-0.4, -0.2) is 53.8 Å². The Morgan fingerprint density at radius 2 is 2.12 bits per heavy atom. The average molecular weight is 331 g/mol. The molecular formula is C17H21N3O4. The Morgan fingerprint density at radius 3 is 2.79 bits per heavy atom. The van der Waals surface area contributed by atoms with E-state index in [-0.39, 0.29) is 11.7 Å². The van der Waals surface area contributed by atoms with Crippen LogP contribution in [0.5, 0.6) is 0 Å². The molecule has 1 atom stereocenters. The van der Waals surface area contributed by atoms with E-state index in [1.807, 2.05) is 19.1 Å². The first-order valence-electron chi connectivity index (χ1n) is 7.96. The van der Waals surface area contributed by atoms with Crippen molar-refractivity contribution in [2.24, 2.45) is 0 Å². The largest absolute Gasteiger partial charge is 0.477 e. The normalized spacial score (nSPS) is 16.7. The van der Waals surface area contributed by atoms with Crippen molar-refractivity contribution in [3.63, 3.8) is 0 Å². The van der Waals surface area contributed by atoms with E-state index in [2.05, 4.69) is 15.2 Å². The molecule has 7 heteroatoms. The minimum atomic E-state index is -1.04. The Kier molecular flexibility index (Phi) is 5.12. The van der Waals surface area contributed by atoms with Gasteiger partial charge >= 0.3 is 5.97 Å². The average Bonchev–Trinajstić information content (AvgIpc) is 3.02. The predicted molar refractivity (Wildman–Crippen MR) is 88.3 cm³/mol. The number of anilines is 1. The summed E-state index contributed by atoms with van der Waals surface area (Å²) >= 11 is 0. The van der Waals surface area contributed by atoms with Crippen LogP contribution in [0.25, 0.3) is 0 Å². The van der Waals surface area contributed by atoms with E-state index in [9.17, 15) is 4.79 Å². The van der Waals surface area contributed by atoms with E-state index in [1.54, 1.807) is 12.1 Å². The van der Waals surface area contributed by atoms with Gasteiger partial charge in [-0.3, -0.25) is 4.90 Å². The first-order valence-corrected chi connectivity index (χ1v) is 7.96. The second-order valence-electron chi connectivity index (χ2n) is 5.71. The van der Waals surface area contributed by atoms with Gasteiger partial charge in [0.25, 0.3) is 0 Å². The van der Waals surface area contributed by atoms with Crippen molar-refractivity contribution >= 4 is 11.8 Å². The molecule has 1 unspecified atom stereocenters. The Morgan fingerprint density at radius 1 is 1.33 bits per heavy atom. The summed E-state index contributed by atoms with van der Waals surface area (Å²) in [5, 5.41) is 12.3. The van der Waals surface area contributed by atoms with Gasteiger partial charge in [0.1, 0.15) is 17.3 Å². The van der Waals surface area contributed by atoms with Crippen molar-refractivity contribution in [1.82, 2.24) is 9.88 Å². The maximum atomic E-state index is 11.0. The predicted octanol–water partition coefficient (Wildman–Crippen LogP) is 2.17. The second-order valence-corrected chi connectivity index (χ2v) is 5.71. The lowest BCUT2D eigenvalue weighted by Gasteiger charge is -2.33. The summed E-state index contributed by atoms with van der Waals surface area (Å²) in [6.07, 6.45) is 0. The molecule has 0 radical (unpaired) electrons. The molecule has 1 saturated heterocycles. The summed E-state index contributed by atoms with van der Waals surface area (Å²) in [5.74, 6) is 1.26. The molecule has 1 fully saturated rings. The molecule has 2 aromatic rings. The number of nitrogens with zero attached hydrogens (tertiary/aromatic N) is 2. The number of furan rings is 1. The molecule has 2 N–H and O–H groups in total. The van der Waals surface area contributed by atoms with E-state index < -0.39 is 5.97 Å². The molecule has 0 saturated carbocycles. The third-order valence-electron chi connectivity index (χ3n) is 4.02. The van der Waals surface area contributed by atoms with Gasteiger partial charge in [0, 0.05) is 19.6 Å². The van der Waals surface area contributed by atoms with Gasteiger partial charge in [-0.2, -0.15) is 0 Å². The summed E-state index contributed by atoms with van der Waals surface area (Å²) in [5.41, 5.74) is 0.0248. The number of ether oxygens (including phenoxy) is 1. The Bertz CT molecular complexity index is 695. The molecule has 1 aliphatic rings. The summed E-state index contributed by atoms with van der Waals surface area (Å²) in [6, 6.07) is 8.89. The number of aromatic carboxylic acids is 1. The fraction of sp³-hybridized carbons (Fsp3) is 0.412. The quantitative estimate of drug-likeness (QED) is 0.838. The third kappa shape index (κ3) is 3.93. The van der Waals surface area contributed by atoms with E-state index in [0.717, 1.165) is 24.6 Å². The van der Waals surface area contributed by atoms with Crippen molar-refractivity contribution in [3.8, 4) is 0 Å². The van der Waals surface area contributed by atoms with Crippen LogP contribution >= 0.6 is 0 Å². The molecule has 3 rings (SSSR count). The number of nitrogens with one attached hydrogen (secondary N) is 1. The van der Waals surface area contributed by atoms with Crippen LogP contribution in [-0.2, 0) is 4.74 Å². The minimum Gasteiger partial charge on any atom is -0.477 e. The standard InChI is InChI=1S/C17H21N3O4/c1-12-5-6-15(24-12)14(20-7-9-23-10-8-20)11-18-16-4-2-3-13(19-16)17(21)22/h2-6,14H,7-11H2,1H3,(H,18,19)(H,21,22). The highest BCUT2D eigenvalue weighted by Crippen LogP contribution is 2.24. The first-order chi connectivity index (χ1) is 11.6. The molecule has 0 bridgehead atoms. The highest BCUT2D eigenvalue weighted by molar-refractivity contribution is 5.85. The van der Waals surface area contributed by atoms with Gasteiger partial charge in [0.2, 0.25) is 0 Å². The highest BCUT2D eigenvalue weighted by atomic mass is 16.5. The Labute approximate surface area is 140 Å². The lowest BCUT2D eigenvalue weighted by Crippen LogP contribution is -2.41. The van der Waals surface area contributed by atoms with Crippen molar-refractivity contribution in [2.75, 3.05) is 38.2 Å². The molecule has 0 aromatic carbocycles. The van der Waals surface area contributed by atoms with E-state index in [0.29, 0.717) is 25.6 Å². The summed E-state index contributed by atoms with van der Waals surface area (Å²) in [4.78, 5) is 17.4. The van der Waals surface area contributed by atoms with Crippen LogP contribution in [0.3, 0.4) is 0 Å². The SMILES string of the molecule is Cc1ccc(C(CNc2cccc(C(=O)O)n2)N2CCOCC2)o1. The van der Waals surface area contributed by atoms with Gasteiger partial charge in [-0.1, -0.05) is 6.07 Å². The van der Waals surface area contributed by atoms with Crippen LogP contribution < -0.4 is 5.32 Å². The number of aryl methyl sites for hydroxylation is 1. The highest BCUT2D eigenvalue weighted by Gasteiger charge is 2.25. The van der Waals surface area contributed by atoms with Gasteiger partial charge in [-0.15, -0.1) is 0 Å². The zero-order valence-corrected chi connectivity index (χ0v) is 13.6. The number of morpholine rings is 1. The summed E-state index contributed by atoms with van der Waals surface area (Å²) in [7, 11) is 0. The smallest absolute Gasteiger partial charge is 0.354 e. The topological polar surface area (TPSA) is 87.8 Å². The lowest BCUT2D eigenvalue weighted by atomic mass is 10.1. The molecule has 24 heavy (non-hydrogen) atoms. The van der Waals surface area contributed by atoms with Gasteiger partial charge in [-0.25, -0.2) is 9.78 Å². The third-order valence-corrected chi connectivity index (χ3v) is 4.02. The maximum Gasteiger partial charge on any atom is 0.354 e. The molecule has 2 aromatic heterocycles. The molecule has 128 valence electrons. The molecule has 0 spiro atoms. The van der Waals surface area contributed by atoms with Crippen molar-refractivity contribution in [3.05, 3.63) is 47.5 Å². The number of aromatic nitrogens is 1. The van der Waals surface area contributed by atoms with Crippen LogP contribution in [0.2, 0.25) is 0 Å². The Balaban J connectivity index is 1.74. The van der Waals surface area contributed by atoms with E-state index >= 15 is 0 Å². The maximum absolute atomic E-state index is 11.0. The number of hydrogen-bond donors (Lipinski definition) is 2. The lowest BCUT2D eigenvalue weighted by molar-refractivity contribution is 0.0143. The molecule has 0 aliphatic carbocycles. The number of hydrogen-bond acceptors (Lipinski definition) is 6. The number of carboxylic acids is 1. The summed E-state index contributed by atoms with van der Waals surface area (Å²) in [6.45, 7) is 5.55. The number of carbonyl (C=O) groups is 1. The first kappa shape index (κ1) is 16.5. The van der Waals surface area contributed by atoms with Crippen molar-refractivity contribution in [1.29, 1.82) is 0 Å². The molecule has 7 nitrogen and oxygen atoms in total. The number of rotatable bonds is 6.